The van der Waals surface area contributed by atoms with Crippen LogP contribution in [0, 0.1) is 13.8 Å². The Balaban J connectivity index is 1.65. The topological polar surface area (TPSA) is 76.2 Å². The van der Waals surface area contributed by atoms with E-state index < -0.39 is 0 Å². The van der Waals surface area contributed by atoms with Crippen LogP contribution in [0.1, 0.15) is 60.7 Å². The Labute approximate surface area is 148 Å². The van der Waals surface area contributed by atoms with E-state index in [0.29, 0.717) is 6.54 Å². The first-order chi connectivity index (χ1) is 12.0. The van der Waals surface area contributed by atoms with Gasteiger partial charge in [-0.25, -0.2) is 4.79 Å². The highest BCUT2D eigenvalue weighted by Gasteiger charge is 2.29. The summed E-state index contributed by atoms with van der Waals surface area (Å²) in [7, 11) is 1.90. The van der Waals surface area contributed by atoms with Crippen LogP contribution in [0.5, 0.6) is 0 Å². The number of hydrogen-bond acceptors (Lipinski definition) is 4. The van der Waals surface area contributed by atoms with Crippen molar-refractivity contribution in [1.82, 2.24) is 25.2 Å². The van der Waals surface area contributed by atoms with E-state index >= 15 is 0 Å². The smallest absolute Gasteiger partial charge is 0.317 e. The Morgan fingerprint density at radius 3 is 2.88 bits per heavy atom. The molecule has 1 N–H and O–H groups in total. The standard InChI is InChI=1S/C18H27N5O2/c1-12(17-13(2)21-25-14(17)3)9-19-18(24)23-8-6-5-7-16(23)15-10-20-22(4)11-15/h10-12,16H,5-9H2,1-4H3,(H,19,24). The van der Waals surface area contributed by atoms with Crippen LogP contribution in [0.4, 0.5) is 4.79 Å². The minimum Gasteiger partial charge on any atom is -0.361 e. The highest BCUT2D eigenvalue weighted by Crippen LogP contribution is 2.30. The molecule has 0 aliphatic carbocycles. The van der Waals surface area contributed by atoms with Gasteiger partial charge < -0.3 is 14.7 Å². The van der Waals surface area contributed by atoms with Crippen molar-refractivity contribution in [3.63, 3.8) is 0 Å². The summed E-state index contributed by atoms with van der Waals surface area (Å²) in [5.74, 6) is 0.988. The van der Waals surface area contributed by atoms with E-state index in [1.165, 1.54) is 0 Å². The number of piperidine rings is 1. The number of urea groups is 1. The van der Waals surface area contributed by atoms with Crippen LogP contribution in [0.15, 0.2) is 16.9 Å². The van der Waals surface area contributed by atoms with Crippen LogP contribution in [0.2, 0.25) is 0 Å². The molecule has 1 fully saturated rings. The number of aryl methyl sites for hydroxylation is 3. The molecule has 2 unspecified atom stereocenters. The summed E-state index contributed by atoms with van der Waals surface area (Å²) < 4.78 is 7.03. The molecular weight excluding hydrogens is 318 g/mol. The summed E-state index contributed by atoms with van der Waals surface area (Å²) in [6.07, 6.45) is 7.03. The molecule has 7 nitrogen and oxygen atoms in total. The third-order valence-corrected chi connectivity index (χ3v) is 5.01. The number of amides is 2. The number of nitrogens with one attached hydrogen (secondary N) is 1. The van der Waals surface area contributed by atoms with Crippen molar-refractivity contribution < 1.29 is 9.32 Å². The molecule has 1 saturated heterocycles. The van der Waals surface area contributed by atoms with Crippen LogP contribution in [-0.4, -0.2) is 39.0 Å². The van der Waals surface area contributed by atoms with E-state index in [0.717, 1.165) is 48.4 Å². The molecule has 2 amide bonds. The van der Waals surface area contributed by atoms with Crippen molar-refractivity contribution in [3.05, 3.63) is 35.0 Å². The van der Waals surface area contributed by atoms with Gasteiger partial charge in [0.25, 0.3) is 0 Å². The zero-order valence-corrected chi connectivity index (χ0v) is 15.5. The normalized spacial score (nSPS) is 19.0. The van der Waals surface area contributed by atoms with Gasteiger partial charge in [-0.3, -0.25) is 4.68 Å². The van der Waals surface area contributed by atoms with Gasteiger partial charge in [-0.05, 0) is 33.1 Å². The largest absolute Gasteiger partial charge is 0.361 e. The lowest BCUT2D eigenvalue weighted by Gasteiger charge is -2.35. The summed E-state index contributed by atoms with van der Waals surface area (Å²) in [4.78, 5) is 14.7. The zero-order valence-electron chi connectivity index (χ0n) is 15.5. The molecule has 0 saturated carbocycles. The molecule has 0 radical (unpaired) electrons. The molecule has 136 valence electrons. The second-order valence-corrected chi connectivity index (χ2v) is 6.98. The average Bonchev–Trinajstić information content (AvgIpc) is 3.18. The summed E-state index contributed by atoms with van der Waals surface area (Å²) >= 11 is 0. The van der Waals surface area contributed by atoms with E-state index in [1.807, 2.05) is 38.2 Å². The third kappa shape index (κ3) is 3.70. The van der Waals surface area contributed by atoms with Crippen LogP contribution in [0.3, 0.4) is 0 Å². The van der Waals surface area contributed by atoms with Crippen molar-refractivity contribution in [2.45, 2.75) is 52.0 Å². The lowest BCUT2D eigenvalue weighted by molar-refractivity contribution is 0.151. The molecule has 1 aliphatic heterocycles. The van der Waals surface area contributed by atoms with E-state index in [1.54, 1.807) is 4.68 Å². The number of carbonyl (C=O) groups excluding carboxylic acids is 1. The molecule has 2 aromatic heterocycles. The maximum atomic E-state index is 12.8. The number of likely N-dealkylation sites (tertiary alicyclic amines) is 1. The Hall–Kier alpha value is -2.31. The van der Waals surface area contributed by atoms with Gasteiger partial charge in [0.15, 0.2) is 0 Å². The highest BCUT2D eigenvalue weighted by atomic mass is 16.5. The quantitative estimate of drug-likeness (QED) is 0.924. The van der Waals surface area contributed by atoms with E-state index in [2.05, 4.69) is 22.5 Å². The molecule has 2 aromatic rings. The number of carbonyl (C=O) groups is 1. The number of rotatable bonds is 4. The molecule has 1 aliphatic rings. The molecule has 0 aromatic carbocycles. The maximum Gasteiger partial charge on any atom is 0.317 e. The molecule has 0 spiro atoms. The summed E-state index contributed by atoms with van der Waals surface area (Å²) in [6, 6.07) is 0.101. The molecule has 3 heterocycles. The summed E-state index contributed by atoms with van der Waals surface area (Å²) in [6.45, 7) is 7.29. The van der Waals surface area contributed by atoms with Crippen molar-refractivity contribution in [2.75, 3.05) is 13.1 Å². The number of aromatic nitrogens is 3. The Bertz CT molecular complexity index is 716. The van der Waals surface area contributed by atoms with Gasteiger partial charge >= 0.3 is 6.03 Å². The molecule has 25 heavy (non-hydrogen) atoms. The first kappa shape index (κ1) is 17.5. The predicted molar refractivity (Wildman–Crippen MR) is 94.3 cm³/mol. The fourth-order valence-electron chi connectivity index (χ4n) is 3.77. The van der Waals surface area contributed by atoms with Gasteiger partial charge in [-0.2, -0.15) is 5.10 Å². The van der Waals surface area contributed by atoms with Crippen molar-refractivity contribution in [3.8, 4) is 0 Å². The van der Waals surface area contributed by atoms with E-state index in [4.69, 9.17) is 4.52 Å². The monoisotopic (exact) mass is 345 g/mol. The minimum absolute atomic E-state index is 0.00726. The predicted octanol–water partition coefficient (Wildman–Crippen LogP) is 3.07. The summed E-state index contributed by atoms with van der Waals surface area (Å²) in [5, 5.41) is 11.3. The van der Waals surface area contributed by atoms with Crippen molar-refractivity contribution >= 4 is 6.03 Å². The van der Waals surface area contributed by atoms with Gasteiger partial charge in [0.2, 0.25) is 0 Å². The molecular formula is C18H27N5O2. The maximum absolute atomic E-state index is 12.8. The van der Waals surface area contributed by atoms with Gasteiger partial charge in [0.05, 0.1) is 17.9 Å². The Morgan fingerprint density at radius 1 is 1.44 bits per heavy atom. The number of hydrogen-bond donors (Lipinski definition) is 1. The Kier molecular flexibility index (Phi) is 5.11. The first-order valence-corrected chi connectivity index (χ1v) is 8.93. The van der Waals surface area contributed by atoms with Crippen LogP contribution >= 0.6 is 0 Å². The Morgan fingerprint density at radius 2 is 2.24 bits per heavy atom. The number of nitrogens with zero attached hydrogens (tertiary/aromatic N) is 4. The lowest BCUT2D eigenvalue weighted by Crippen LogP contribution is -2.45. The van der Waals surface area contributed by atoms with Gasteiger partial charge in [-0.1, -0.05) is 12.1 Å². The fraction of sp³-hybridized carbons (Fsp3) is 0.611. The second-order valence-electron chi connectivity index (χ2n) is 6.98. The van der Waals surface area contributed by atoms with Crippen molar-refractivity contribution in [1.29, 1.82) is 0 Å². The lowest BCUT2D eigenvalue weighted by atomic mass is 9.97. The molecule has 0 bridgehead atoms. The van der Waals surface area contributed by atoms with E-state index in [-0.39, 0.29) is 18.0 Å². The van der Waals surface area contributed by atoms with E-state index in [9.17, 15) is 4.79 Å². The first-order valence-electron chi connectivity index (χ1n) is 8.93. The zero-order chi connectivity index (χ0) is 18.0. The third-order valence-electron chi connectivity index (χ3n) is 5.01. The van der Waals surface area contributed by atoms with Gasteiger partial charge in [0.1, 0.15) is 5.76 Å². The fourth-order valence-corrected chi connectivity index (χ4v) is 3.77. The molecule has 2 atom stereocenters. The van der Waals surface area contributed by atoms with Crippen LogP contribution in [0.25, 0.3) is 0 Å². The molecule has 3 rings (SSSR count). The average molecular weight is 345 g/mol. The van der Waals surface area contributed by atoms with Crippen LogP contribution < -0.4 is 5.32 Å². The van der Waals surface area contributed by atoms with Crippen LogP contribution in [-0.2, 0) is 7.05 Å². The molecule has 7 heteroatoms. The van der Waals surface area contributed by atoms with Gasteiger partial charge in [-0.15, -0.1) is 0 Å². The van der Waals surface area contributed by atoms with Gasteiger partial charge in [0, 0.05) is 43.4 Å². The highest BCUT2D eigenvalue weighted by molar-refractivity contribution is 5.75. The van der Waals surface area contributed by atoms with Crippen molar-refractivity contribution in [2.24, 2.45) is 7.05 Å². The SMILES string of the molecule is Cc1noc(C)c1C(C)CNC(=O)N1CCCCC1c1cnn(C)c1. The second kappa shape index (κ2) is 7.29. The minimum atomic E-state index is -0.00726. The summed E-state index contributed by atoms with van der Waals surface area (Å²) in [5.41, 5.74) is 3.09.